The van der Waals surface area contributed by atoms with Crippen molar-refractivity contribution in [3.63, 3.8) is 0 Å². The molecule has 3 rings (SSSR count). The Morgan fingerprint density at radius 2 is 2.42 bits per heavy atom. The van der Waals surface area contributed by atoms with Gasteiger partial charge in [-0.1, -0.05) is 6.07 Å². The van der Waals surface area contributed by atoms with Crippen molar-refractivity contribution in [2.75, 3.05) is 26.8 Å². The number of nitrogens with zero attached hydrogens (tertiary/aromatic N) is 2. The second kappa shape index (κ2) is 6.13. The van der Waals surface area contributed by atoms with Crippen LogP contribution in [-0.2, 0) is 11.3 Å². The molecule has 3 nitrogen and oxygen atoms in total. The Labute approximate surface area is 121 Å². The highest BCUT2D eigenvalue weighted by molar-refractivity contribution is 7.20. The van der Waals surface area contributed by atoms with Crippen molar-refractivity contribution in [3.05, 3.63) is 28.6 Å². The zero-order chi connectivity index (χ0) is 13.1. The fraction of sp³-hybridized carbons (Fsp3) is 0.500. The van der Waals surface area contributed by atoms with Crippen molar-refractivity contribution in [2.24, 2.45) is 5.92 Å². The van der Waals surface area contributed by atoms with Crippen LogP contribution in [-0.4, -0.2) is 36.7 Å². The molecule has 0 aliphatic carbocycles. The van der Waals surface area contributed by atoms with Gasteiger partial charge < -0.3 is 9.64 Å². The Balaban J connectivity index is 1.57. The van der Waals surface area contributed by atoms with Gasteiger partial charge in [0, 0.05) is 25.1 Å². The molecule has 0 N–H and O–H groups in total. The molecular formula is C14H18N2OS2. The molecule has 1 aliphatic rings. The summed E-state index contributed by atoms with van der Waals surface area (Å²) in [7, 11) is 2.17. The lowest BCUT2D eigenvalue weighted by atomic mass is 10.1. The summed E-state index contributed by atoms with van der Waals surface area (Å²) >= 11 is 3.49. The number of hydrogen-bond donors (Lipinski definition) is 0. The van der Waals surface area contributed by atoms with Gasteiger partial charge in [0.2, 0.25) is 0 Å². The normalized spacial score (nSPS) is 19.4. The molecule has 5 heteroatoms. The van der Waals surface area contributed by atoms with Crippen LogP contribution >= 0.6 is 22.7 Å². The molecule has 0 unspecified atom stereocenters. The van der Waals surface area contributed by atoms with E-state index in [1.165, 1.54) is 17.0 Å². The molecule has 1 fully saturated rings. The second-order valence-corrected chi connectivity index (χ2v) is 6.85. The third kappa shape index (κ3) is 3.42. The van der Waals surface area contributed by atoms with E-state index in [-0.39, 0.29) is 0 Å². The predicted octanol–water partition coefficient (Wildman–Crippen LogP) is 3.34. The first kappa shape index (κ1) is 13.2. The Hall–Kier alpha value is -0.750. The number of ether oxygens (including phenoxy) is 1. The molecule has 0 aromatic carbocycles. The molecule has 0 saturated carbocycles. The van der Waals surface area contributed by atoms with E-state index in [1.54, 1.807) is 22.7 Å². The molecule has 1 atom stereocenters. The molecule has 2 aromatic rings. The van der Waals surface area contributed by atoms with Gasteiger partial charge in [-0.2, -0.15) is 0 Å². The van der Waals surface area contributed by atoms with Crippen molar-refractivity contribution >= 4 is 22.7 Å². The summed E-state index contributed by atoms with van der Waals surface area (Å²) in [6, 6.07) is 4.21. The van der Waals surface area contributed by atoms with Crippen molar-refractivity contribution < 1.29 is 4.74 Å². The standard InChI is InChI=1S/C14H18N2OS2/c1-16(7-11-4-5-17-9-11)8-12-10-19-14(15-12)13-3-2-6-18-13/h2-3,6,10-11H,4-5,7-9H2,1H3/t11-/m0/s1. The SMILES string of the molecule is CN(Cc1csc(-c2cccs2)n1)C[C@@H]1CCOC1. The maximum atomic E-state index is 5.42. The fourth-order valence-electron chi connectivity index (χ4n) is 2.40. The first-order valence-corrected chi connectivity index (χ1v) is 8.32. The van der Waals surface area contributed by atoms with E-state index in [9.17, 15) is 0 Å². The Morgan fingerprint density at radius 1 is 1.47 bits per heavy atom. The first-order valence-electron chi connectivity index (χ1n) is 6.56. The van der Waals surface area contributed by atoms with Gasteiger partial charge in [-0.05, 0) is 30.8 Å². The lowest BCUT2D eigenvalue weighted by Gasteiger charge is -2.18. The number of thiophene rings is 1. The first-order chi connectivity index (χ1) is 9.31. The smallest absolute Gasteiger partial charge is 0.133 e. The van der Waals surface area contributed by atoms with Crippen LogP contribution in [0.2, 0.25) is 0 Å². The van der Waals surface area contributed by atoms with E-state index in [0.717, 1.165) is 31.3 Å². The zero-order valence-corrected chi connectivity index (χ0v) is 12.7. The van der Waals surface area contributed by atoms with E-state index >= 15 is 0 Å². The van der Waals surface area contributed by atoms with Crippen LogP contribution < -0.4 is 0 Å². The Bertz CT molecular complexity index is 503. The quantitative estimate of drug-likeness (QED) is 0.845. The van der Waals surface area contributed by atoms with Crippen molar-refractivity contribution in [1.82, 2.24) is 9.88 Å². The molecule has 0 radical (unpaired) electrons. The average molecular weight is 294 g/mol. The largest absolute Gasteiger partial charge is 0.381 e. The lowest BCUT2D eigenvalue weighted by Crippen LogP contribution is -2.25. The summed E-state index contributed by atoms with van der Waals surface area (Å²) in [6.07, 6.45) is 1.20. The van der Waals surface area contributed by atoms with Crippen LogP contribution in [0.1, 0.15) is 12.1 Å². The topological polar surface area (TPSA) is 25.4 Å². The van der Waals surface area contributed by atoms with E-state index in [2.05, 4.69) is 34.8 Å². The molecular weight excluding hydrogens is 276 g/mol. The summed E-state index contributed by atoms with van der Waals surface area (Å²) in [4.78, 5) is 8.34. The van der Waals surface area contributed by atoms with E-state index in [1.807, 2.05) is 0 Å². The minimum absolute atomic E-state index is 0.695. The minimum Gasteiger partial charge on any atom is -0.381 e. The van der Waals surface area contributed by atoms with E-state index in [4.69, 9.17) is 9.72 Å². The second-order valence-electron chi connectivity index (χ2n) is 5.05. The van der Waals surface area contributed by atoms with Gasteiger partial charge in [0.15, 0.2) is 0 Å². The summed E-state index contributed by atoms with van der Waals surface area (Å²) < 4.78 is 5.42. The Kier molecular flexibility index (Phi) is 4.28. The molecule has 3 heterocycles. The monoisotopic (exact) mass is 294 g/mol. The molecule has 1 saturated heterocycles. The summed E-state index contributed by atoms with van der Waals surface area (Å²) in [5.41, 5.74) is 1.18. The molecule has 102 valence electrons. The van der Waals surface area contributed by atoms with Crippen molar-refractivity contribution in [3.8, 4) is 9.88 Å². The molecule has 1 aliphatic heterocycles. The maximum absolute atomic E-state index is 5.42. The number of rotatable bonds is 5. The van der Waals surface area contributed by atoms with E-state index in [0.29, 0.717) is 5.92 Å². The maximum Gasteiger partial charge on any atom is 0.133 e. The molecule has 0 bridgehead atoms. The van der Waals surface area contributed by atoms with Gasteiger partial charge in [0.25, 0.3) is 0 Å². The highest BCUT2D eigenvalue weighted by atomic mass is 32.1. The number of hydrogen-bond acceptors (Lipinski definition) is 5. The fourth-order valence-corrected chi connectivity index (χ4v) is 4.03. The lowest BCUT2D eigenvalue weighted by molar-refractivity contribution is 0.172. The molecule has 0 spiro atoms. The van der Waals surface area contributed by atoms with Gasteiger partial charge in [0.1, 0.15) is 5.01 Å². The average Bonchev–Trinajstić information content (AvgIpc) is 3.09. The Morgan fingerprint density at radius 3 is 3.16 bits per heavy atom. The van der Waals surface area contributed by atoms with Crippen molar-refractivity contribution in [2.45, 2.75) is 13.0 Å². The summed E-state index contributed by atoms with van der Waals surface area (Å²) in [5, 5.41) is 5.42. The molecule has 19 heavy (non-hydrogen) atoms. The van der Waals surface area contributed by atoms with Crippen LogP contribution in [0.4, 0.5) is 0 Å². The highest BCUT2D eigenvalue weighted by Crippen LogP contribution is 2.28. The summed E-state index contributed by atoms with van der Waals surface area (Å²) in [6.45, 7) is 3.88. The van der Waals surface area contributed by atoms with Gasteiger partial charge in [0.05, 0.1) is 17.2 Å². The zero-order valence-electron chi connectivity index (χ0n) is 11.0. The minimum atomic E-state index is 0.695. The van der Waals surface area contributed by atoms with Gasteiger partial charge >= 0.3 is 0 Å². The van der Waals surface area contributed by atoms with Gasteiger partial charge in [-0.15, -0.1) is 22.7 Å². The van der Waals surface area contributed by atoms with E-state index < -0.39 is 0 Å². The van der Waals surface area contributed by atoms with Crippen LogP contribution in [0.5, 0.6) is 0 Å². The highest BCUT2D eigenvalue weighted by Gasteiger charge is 2.18. The van der Waals surface area contributed by atoms with Crippen molar-refractivity contribution in [1.29, 1.82) is 0 Å². The summed E-state index contributed by atoms with van der Waals surface area (Å²) in [5.74, 6) is 0.695. The van der Waals surface area contributed by atoms with Crippen LogP contribution in [0, 0.1) is 5.92 Å². The van der Waals surface area contributed by atoms with Crippen LogP contribution in [0.3, 0.4) is 0 Å². The third-order valence-electron chi connectivity index (χ3n) is 3.31. The molecule has 2 aromatic heterocycles. The van der Waals surface area contributed by atoms with Crippen LogP contribution in [0.25, 0.3) is 9.88 Å². The van der Waals surface area contributed by atoms with Gasteiger partial charge in [-0.25, -0.2) is 4.98 Å². The van der Waals surface area contributed by atoms with Crippen LogP contribution in [0.15, 0.2) is 22.9 Å². The molecule has 0 amide bonds. The third-order valence-corrected chi connectivity index (χ3v) is 5.24. The number of aromatic nitrogens is 1. The van der Waals surface area contributed by atoms with Gasteiger partial charge in [-0.3, -0.25) is 0 Å². The number of thiazole rings is 1. The predicted molar refractivity (Wildman–Crippen MR) is 80.7 cm³/mol.